The van der Waals surface area contributed by atoms with E-state index in [4.69, 9.17) is 0 Å². The van der Waals surface area contributed by atoms with Crippen LogP contribution in [0, 0.1) is 0 Å². The highest BCUT2D eigenvalue weighted by Crippen LogP contribution is 2.33. The van der Waals surface area contributed by atoms with Gasteiger partial charge in [0.15, 0.2) is 0 Å². The van der Waals surface area contributed by atoms with E-state index in [-0.39, 0.29) is 35.9 Å². The largest absolute Gasteiger partial charge is 0.573 e. The van der Waals surface area contributed by atoms with E-state index in [0.29, 0.717) is 30.2 Å². The van der Waals surface area contributed by atoms with Crippen molar-refractivity contribution in [2.24, 2.45) is 0 Å². The van der Waals surface area contributed by atoms with Crippen LogP contribution in [0.5, 0.6) is 5.75 Å². The molecule has 0 saturated carbocycles. The molecule has 4 amide bonds. The summed E-state index contributed by atoms with van der Waals surface area (Å²) in [4.78, 5) is 60.5. The van der Waals surface area contributed by atoms with Gasteiger partial charge in [-0.2, -0.15) is 0 Å². The number of anilines is 1. The van der Waals surface area contributed by atoms with Crippen molar-refractivity contribution < 1.29 is 45.9 Å². The Kier molecular flexibility index (Phi) is 8.71. The van der Waals surface area contributed by atoms with Crippen LogP contribution in [-0.4, -0.2) is 83.0 Å². The van der Waals surface area contributed by atoms with Crippen LogP contribution in [0.2, 0.25) is 0 Å². The summed E-state index contributed by atoms with van der Waals surface area (Å²) in [5.74, 6) is -5.61. The number of benzene rings is 2. The first-order chi connectivity index (χ1) is 21.5. The molecule has 3 atom stereocenters. The van der Waals surface area contributed by atoms with E-state index < -0.39 is 53.9 Å². The fraction of sp³-hybridized carbons (Fsp3) is 0.419. The number of aromatic amines is 1. The number of hydrogen-bond donors (Lipinski definition) is 2. The molecule has 46 heavy (non-hydrogen) atoms. The number of aromatic nitrogens is 1. The summed E-state index contributed by atoms with van der Waals surface area (Å²) < 4.78 is 69.3. The summed E-state index contributed by atoms with van der Waals surface area (Å²) in [7, 11) is 1.44. The molecule has 0 aliphatic carbocycles. The molecular formula is C31H32F5N5O5. The smallest absolute Gasteiger partial charge is 0.406 e. The van der Waals surface area contributed by atoms with Gasteiger partial charge in [0, 0.05) is 62.2 Å². The zero-order valence-electron chi connectivity index (χ0n) is 25.2. The summed E-state index contributed by atoms with van der Waals surface area (Å²) in [6.45, 7) is 2.23. The topological polar surface area (TPSA) is 115 Å². The highest BCUT2D eigenvalue weighted by Gasteiger charge is 2.46. The third kappa shape index (κ3) is 6.92. The first-order valence-electron chi connectivity index (χ1n) is 14.5. The van der Waals surface area contributed by atoms with Crippen molar-refractivity contribution in [2.75, 3.05) is 25.0 Å². The van der Waals surface area contributed by atoms with Gasteiger partial charge in [-0.1, -0.05) is 6.07 Å². The number of carbonyl (C=O) groups excluding carboxylic acids is 4. The molecule has 2 aromatic carbocycles. The Labute approximate surface area is 260 Å². The Hall–Kier alpha value is -4.69. The van der Waals surface area contributed by atoms with E-state index in [1.165, 1.54) is 65.1 Å². The molecule has 1 aromatic heterocycles. The molecule has 3 heterocycles. The molecule has 2 saturated heterocycles. The van der Waals surface area contributed by atoms with Gasteiger partial charge in [0.05, 0.1) is 0 Å². The summed E-state index contributed by atoms with van der Waals surface area (Å²) in [6, 6.07) is 7.47. The lowest BCUT2D eigenvalue weighted by molar-refractivity contribution is -0.274. The predicted octanol–water partition coefficient (Wildman–Crippen LogP) is 4.55. The number of ether oxygens (including phenoxy) is 1. The number of alkyl halides is 5. The van der Waals surface area contributed by atoms with Crippen LogP contribution in [-0.2, 0) is 20.3 Å². The second-order valence-corrected chi connectivity index (χ2v) is 11.6. The second kappa shape index (κ2) is 12.2. The van der Waals surface area contributed by atoms with E-state index in [0.717, 1.165) is 19.1 Å². The van der Waals surface area contributed by atoms with Crippen LogP contribution in [0.3, 0.4) is 0 Å². The lowest BCUT2D eigenvalue weighted by atomic mass is 10.1. The Morgan fingerprint density at radius 1 is 1.00 bits per heavy atom. The van der Waals surface area contributed by atoms with Gasteiger partial charge in [0.2, 0.25) is 17.7 Å². The normalized spacial score (nSPS) is 20.6. The Balaban J connectivity index is 1.37. The summed E-state index contributed by atoms with van der Waals surface area (Å²) in [5.41, 5.74) is 0.486. The molecule has 2 aliphatic rings. The first-order valence-corrected chi connectivity index (χ1v) is 14.5. The molecule has 2 N–H and O–H groups in total. The minimum absolute atomic E-state index is 0.0130. The maximum atomic E-state index is 14.1. The fourth-order valence-electron chi connectivity index (χ4n) is 6.00. The number of rotatable bonds is 6. The number of nitrogens with zero attached hydrogens (tertiary/aromatic N) is 3. The minimum Gasteiger partial charge on any atom is -0.406 e. The van der Waals surface area contributed by atoms with Crippen molar-refractivity contribution in [1.82, 2.24) is 20.1 Å². The maximum Gasteiger partial charge on any atom is 0.573 e. The summed E-state index contributed by atoms with van der Waals surface area (Å²) in [6.07, 6.45) is -3.73. The molecule has 15 heteroatoms. The molecule has 0 spiro atoms. The van der Waals surface area contributed by atoms with E-state index in [1.54, 1.807) is 0 Å². The van der Waals surface area contributed by atoms with Gasteiger partial charge in [0.1, 0.15) is 23.5 Å². The molecule has 1 unspecified atom stereocenters. The average molecular weight is 650 g/mol. The average Bonchev–Trinajstić information content (AvgIpc) is 3.59. The van der Waals surface area contributed by atoms with Gasteiger partial charge in [-0.15, -0.1) is 13.2 Å². The van der Waals surface area contributed by atoms with Crippen LogP contribution in [0.4, 0.5) is 27.6 Å². The highest BCUT2D eigenvalue weighted by molar-refractivity contribution is 6.03. The Morgan fingerprint density at radius 2 is 1.70 bits per heavy atom. The predicted molar refractivity (Wildman–Crippen MR) is 156 cm³/mol. The van der Waals surface area contributed by atoms with E-state index >= 15 is 0 Å². The fourth-order valence-corrected chi connectivity index (χ4v) is 6.00. The van der Waals surface area contributed by atoms with Gasteiger partial charge < -0.3 is 29.7 Å². The first kappa shape index (κ1) is 32.7. The lowest BCUT2D eigenvalue weighted by Crippen LogP contribution is -2.61. The minimum atomic E-state index is -4.87. The molecule has 0 bridgehead atoms. The van der Waals surface area contributed by atoms with E-state index in [9.17, 15) is 41.1 Å². The molecule has 0 radical (unpaired) electrons. The van der Waals surface area contributed by atoms with Gasteiger partial charge in [-0.05, 0) is 61.7 Å². The number of H-pyrrole nitrogens is 1. The van der Waals surface area contributed by atoms with Crippen LogP contribution in [0.15, 0.2) is 48.5 Å². The number of nitrogens with one attached hydrogen (secondary N) is 2. The third-order valence-corrected chi connectivity index (χ3v) is 8.39. The molecular weight excluding hydrogens is 617 g/mol. The Morgan fingerprint density at radius 3 is 2.33 bits per heavy atom. The standard InChI is InChI=1S/C31H32F5N5O5/c1-17(42)40-13-12-21-7-11-26(29(45)39(3)20-5-8-22(9-6-20)46-31(34,35)36)41(21)28(44)25(16-40)38-27(43)24-15-18-14-19(30(2,32)33)4-10-23(18)37-24/h4-6,8-10,14-15,21,25-26,37H,7,11-13,16H2,1-3H3,(H,38,43)/t21-,25?,26+/m1/s1. The highest BCUT2D eigenvalue weighted by atomic mass is 19.4. The van der Waals surface area contributed by atoms with Crippen molar-refractivity contribution in [3.8, 4) is 5.75 Å². The number of likely N-dealkylation sites (N-methyl/N-ethyl adjacent to an activating group) is 1. The number of hydrogen-bond acceptors (Lipinski definition) is 5. The summed E-state index contributed by atoms with van der Waals surface area (Å²) >= 11 is 0. The number of halogens is 5. The van der Waals surface area contributed by atoms with Crippen molar-refractivity contribution >= 4 is 40.2 Å². The molecule has 2 fully saturated rings. The molecule has 3 aromatic rings. The molecule has 2 aliphatic heterocycles. The summed E-state index contributed by atoms with van der Waals surface area (Å²) in [5, 5.41) is 3.03. The zero-order valence-corrected chi connectivity index (χ0v) is 25.2. The maximum absolute atomic E-state index is 14.1. The van der Waals surface area contributed by atoms with Crippen molar-refractivity contribution in [3.05, 3.63) is 59.8 Å². The lowest BCUT2D eigenvalue weighted by Gasteiger charge is -2.39. The molecule has 246 valence electrons. The van der Waals surface area contributed by atoms with Crippen LogP contribution in [0.25, 0.3) is 10.9 Å². The van der Waals surface area contributed by atoms with Crippen LogP contribution < -0.4 is 15.0 Å². The SMILES string of the molecule is CC(=O)N1CC[C@H]2CC[C@@H](C(=O)N(C)c3ccc(OC(F)(F)F)cc3)N2C(=O)C(NC(=O)c2cc3cc(C(C)(F)F)ccc3[nH]2)C1. The van der Waals surface area contributed by atoms with Gasteiger partial charge in [-0.3, -0.25) is 19.2 Å². The van der Waals surface area contributed by atoms with E-state index in [2.05, 4.69) is 15.0 Å². The number of fused-ring (bicyclic) bond motifs is 2. The molecule has 10 nitrogen and oxygen atoms in total. The van der Waals surface area contributed by atoms with Gasteiger partial charge in [0.25, 0.3) is 11.8 Å². The van der Waals surface area contributed by atoms with Crippen molar-refractivity contribution in [1.29, 1.82) is 0 Å². The number of amides is 4. The number of carbonyl (C=O) groups is 4. The van der Waals surface area contributed by atoms with Crippen LogP contribution >= 0.6 is 0 Å². The van der Waals surface area contributed by atoms with E-state index in [1.807, 2.05) is 0 Å². The monoisotopic (exact) mass is 649 g/mol. The zero-order chi connectivity index (χ0) is 33.6. The Bertz CT molecular complexity index is 1650. The van der Waals surface area contributed by atoms with Crippen molar-refractivity contribution in [2.45, 2.75) is 63.5 Å². The second-order valence-electron chi connectivity index (χ2n) is 11.6. The van der Waals surface area contributed by atoms with Crippen LogP contribution in [0.1, 0.15) is 49.2 Å². The molecule has 5 rings (SSSR count). The van der Waals surface area contributed by atoms with Crippen molar-refractivity contribution in [3.63, 3.8) is 0 Å². The van der Waals surface area contributed by atoms with Gasteiger partial charge in [-0.25, -0.2) is 8.78 Å². The third-order valence-electron chi connectivity index (χ3n) is 8.39. The quantitative estimate of drug-likeness (QED) is 0.381. The van der Waals surface area contributed by atoms with Gasteiger partial charge >= 0.3 is 6.36 Å².